The predicted octanol–water partition coefficient (Wildman–Crippen LogP) is 2.99. The minimum Gasteiger partial charge on any atom is -0.398 e. The van der Waals surface area contributed by atoms with Gasteiger partial charge in [-0.15, -0.1) is 0 Å². The monoisotopic (exact) mass is 225 g/mol. The van der Waals surface area contributed by atoms with E-state index in [1.807, 2.05) is 49.5 Å². The minimum absolute atomic E-state index is 0.414. The van der Waals surface area contributed by atoms with Crippen molar-refractivity contribution in [3.63, 3.8) is 0 Å². The third kappa shape index (κ3) is 2.64. The van der Waals surface area contributed by atoms with Crippen molar-refractivity contribution >= 4 is 17.5 Å². The number of nitrogens with two attached hydrogens (primary N) is 1. The summed E-state index contributed by atoms with van der Waals surface area (Å²) in [7, 11) is 0. The number of aromatic amines is 1. The van der Waals surface area contributed by atoms with Crippen molar-refractivity contribution in [1.29, 1.82) is 5.41 Å². The first-order valence-corrected chi connectivity index (χ1v) is 5.43. The molecule has 3 heteroatoms. The Morgan fingerprint density at radius 3 is 2.82 bits per heavy atom. The predicted molar refractivity (Wildman–Crippen MR) is 72.2 cm³/mol. The van der Waals surface area contributed by atoms with E-state index in [9.17, 15) is 0 Å². The summed E-state index contributed by atoms with van der Waals surface area (Å²) in [5.41, 5.74) is 9.79. The topological polar surface area (TPSA) is 65.7 Å². The van der Waals surface area contributed by atoms with Crippen LogP contribution < -0.4 is 5.73 Å². The van der Waals surface area contributed by atoms with E-state index in [-0.39, 0.29) is 0 Å². The Labute approximate surface area is 100 Å². The Balaban J connectivity index is 2.20. The van der Waals surface area contributed by atoms with Gasteiger partial charge < -0.3 is 16.1 Å². The van der Waals surface area contributed by atoms with E-state index < -0.39 is 0 Å². The minimum atomic E-state index is 0.414. The molecular formula is C14H15N3. The van der Waals surface area contributed by atoms with E-state index in [0.29, 0.717) is 11.4 Å². The van der Waals surface area contributed by atoms with Gasteiger partial charge in [-0.2, -0.15) is 0 Å². The average Bonchev–Trinajstić information content (AvgIpc) is 2.78. The second-order valence-electron chi connectivity index (χ2n) is 3.96. The van der Waals surface area contributed by atoms with Gasteiger partial charge in [0.15, 0.2) is 0 Å². The molecule has 1 aromatic heterocycles. The van der Waals surface area contributed by atoms with Crippen molar-refractivity contribution in [1.82, 2.24) is 4.98 Å². The lowest BCUT2D eigenvalue weighted by atomic mass is 10.1. The Bertz CT molecular complexity index is 551. The van der Waals surface area contributed by atoms with Crippen LogP contribution in [0.3, 0.4) is 0 Å². The number of nitrogen functional groups attached to an aromatic ring is 1. The molecule has 0 aliphatic heterocycles. The molecule has 0 bridgehead atoms. The number of anilines is 1. The Kier molecular flexibility index (Phi) is 3.10. The highest BCUT2D eigenvalue weighted by Gasteiger charge is 2.02. The standard InChI is InChI=1S/C14H15N3/c1-10-4-6-12(14(16)9-10)13(15)7-5-11-3-2-8-17-11/h2-9,15,17H,16H2,1H3/b7-5+,15-13?. The molecule has 17 heavy (non-hydrogen) atoms. The van der Waals surface area contributed by atoms with E-state index in [0.717, 1.165) is 16.8 Å². The van der Waals surface area contributed by atoms with Gasteiger partial charge in [-0.05, 0) is 42.8 Å². The SMILES string of the molecule is Cc1ccc(C(=N)/C=C/c2ccc[nH]2)c(N)c1. The highest BCUT2D eigenvalue weighted by atomic mass is 14.7. The summed E-state index contributed by atoms with van der Waals surface area (Å²) in [6.45, 7) is 1.98. The van der Waals surface area contributed by atoms with E-state index in [1.165, 1.54) is 0 Å². The summed E-state index contributed by atoms with van der Waals surface area (Å²) in [4.78, 5) is 3.05. The summed E-state index contributed by atoms with van der Waals surface area (Å²) in [5, 5.41) is 7.96. The van der Waals surface area contributed by atoms with Crippen molar-refractivity contribution in [2.24, 2.45) is 0 Å². The fourth-order valence-corrected chi connectivity index (χ4v) is 1.64. The molecule has 0 aliphatic rings. The molecule has 0 amide bonds. The maximum Gasteiger partial charge on any atom is 0.0633 e. The van der Waals surface area contributed by atoms with Crippen LogP contribution in [-0.4, -0.2) is 10.7 Å². The lowest BCUT2D eigenvalue weighted by Gasteiger charge is -2.04. The van der Waals surface area contributed by atoms with Gasteiger partial charge in [0.1, 0.15) is 0 Å². The molecular weight excluding hydrogens is 210 g/mol. The van der Waals surface area contributed by atoms with Crippen LogP contribution in [0.25, 0.3) is 6.08 Å². The zero-order valence-electron chi connectivity index (χ0n) is 9.70. The zero-order chi connectivity index (χ0) is 12.3. The Morgan fingerprint density at radius 2 is 2.18 bits per heavy atom. The molecule has 0 aliphatic carbocycles. The maximum absolute atomic E-state index is 7.96. The molecule has 0 spiro atoms. The number of hydrogen-bond donors (Lipinski definition) is 3. The van der Waals surface area contributed by atoms with Gasteiger partial charge in [0, 0.05) is 23.1 Å². The molecule has 1 aromatic carbocycles. The van der Waals surface area contributed by atoms with Gasteiger partial charge in [0.25, 0.3) is 0 Å². The van der Waals surface area contributed by atoms with Gasteiger partial charge in [0.05, 0.1) is 5.71 Å². The Hall–Kier alpha value is -2.29. The van der Waals surface area contributed by atoms with E-state index in [1.54, 1.807) is 6.08 Å². The van der Waals surface area contributed by atoms with Gasteiger partial charge in [0.2, 0.25) is 0 Å². The van der Waals surface area contributed by atoms with Crippen LogP contribution in [0.15, 0.2) is 42.6 Å². The number of rotatable bonds is 3. The van der Waals surface area contributed by atoms with Crippen LogP contribution in [0.1, 0.15) is 16.8 Å². The highest BCUT2D eigenvalue weighted by molar-refractivity contribution is 6.11. The number of aryl methyl sites for hydroxylation is 1. The fraction of sp³-hybridized carbons (Fsp3) is 0.0714. The van der Waals surface area contributed by atoms with E-state index in [4.69, 9.17) is 11.1 Å². The van der Waals surface area contributed by atoms with Gasteiger partial charge in [-0.25, -0.2) is 0 Å². The summed E-state index contributed by atoms with van der Waals surface area (Å²) in [5.74, 6) is 0. The molecule has 3 nitrogen and oxygen atoms in total. The molecule has 0 radical (unpaired) electrons. The van der Waals surface area contributed by atoms with Crippen LogP contribution in [-0.2, 0) is 0 Å². The van der Waals surface area contributed by atoms with Gasteiger partial charge in [-0.1, -0.05) is 12.1 Å². The molecule has 2 aromatic rings. The highest BCUT2D eigenvalue weighted by Crippen LogP contribution is 2.15. The number of hydrogen-bond acceptors (Lipinski definition) is 2. The molecule has 0 saturated heterocycles. The normalized spacial score (nSPS) is 10.9. The number of benzene rings is 1. The smallest absolute Gasteiger partial charge is 0.0633 e. The van der Waals surface area contributed by atoms with Crippen LogP contribution >= 0.6 is 0 Å². The molecule has 0 unspecified atom stereocenters. The second-order valence-corrected chi connectivity index (χ2v) is 3.96. The van der Waals surface area contributed by atoms with Gasteiger partial charge in [-0.3, -0.25) is 0 Å². The average molecular weight is 225 g/mol. The number of aromatic nitrogens is 1. The molecule has 1 heterocycles. The summed E-state index contributed by atoms with van der Waals surface area (Å²) in [6, 6.07) is 9.59. The third-order valence-corrected chi connectivity index (χ3v) is 2.55. The van der Waals surface area contributed by atoms with Crippen molar-refractivity contribution < 1.29 is 0 Å². The van der Waals surface area contributed by atoms with Crippen molar-refractivity contribution in [3.8, 4) is 0 Å². The molecule has 0 saturated carbocycles. The van der Waals surface area contributed by atoms with Crippen LogP contribution in [0.4, 0.5) is 5.69 Å². The summed E-state index contributed by atoms with van der Waals surface area (Å²) >= 11 is 0. The lowest BCUT2D eigenvalue weighted by molar-refractivity contribution is 1.38. The number of H-pyrrole nitrogens is 1. The van der Waals surface area contributed by atoms with Crippen molar-refractivity contribution in [3.05, 3.63) is 59.4 Å². The summed E-state index contributed by atoms with van der Waals surface area (Å²) < 4.78 is 0. The summed E-state index contributed by atoms with van der Waals surface area (Å²) in [6.07, 6.45) is 5.46. The third-order valence-electron chi connectivity index (χ3n) is 2.55. The van der Waals surface area contributed by atoms with Crippen molar-refractivity contribution in [2.75, 3.05) is 5.73 Å². The maximum atomic E-state index is 7.96. The molecule has 0 fully saturated rings. The first-order chi connectivity index (χ1) is 8.16. The van der Waals surface area contributed by atoms with Crippen LogP contribution in [0.5, 0.6) is 0 Å². The largest absolute Gasteiger partial charge is 0.398 e. The Morgan fingerprint density at radius 1 is 1.35 bits per heavy atom. The zero-order valence-corrected chi connectivity index (χ0v) is 9.70. The second kappa shape index (κ2) is 4.70. The van der Waals surface area contributed by atoms with Crippen LogP contribution in [0.2, 0.25) is 0 Å². The quantitative estimate of drug-likeness (QED) is 0.545. The van der Waals surface area contributed by atoms with E-state index >= 15 is 0 Å². The van der Waals surface area contributed by atoms with Crippen molar-refractivity contribution in [2.45, 2.75) is 6.92 Å². The first kappa shape index (κ1) is 11.2. The van der Waals surface area contributed by atoms with Gasteiger partial charge >= 0.3 is 0 Å². The van der Waals surface area contributed by atoms with E-state index in [2.05, 4.69) is 4.98 Å². The first-order valence-electron chi connectivity index (χ1n) is 5.43. The molecule has 4 N–H and O–H groups in total. The fourth-order valence-electron chi connectivity index (χ4n) is 1.64. The van der Waals surface area contributed by atoms with Crippen LogP contribution in [0, 0.1) is 12.3 Å². The molecule has 2 rings (SSSR count). The molecule has 86 valence electrons. The number of nitrogens with one attached hydrogen (secondary N) is 2. The number of allylic oxidation sites excluding steroid dienone is 1. The molecule has 0 atom stereocenters. The lowest BCUT2D eigenvalue weighted by Crippen LogP contribution is -2.01.